The molecule has 0 radical (unpaired) electrons. The summed E-state index contributed by atoms with van der Waals surface area (Å²) in [4.78, 5) is 29.5. The third kappa shape index (κ3) is 8.54. The molecule has 0 aromatic heterocycles. The Morgan fingerprint density at radius 1 is 0.905 bits per heavy atom. The van der Waals surface area contributed by atoms with Crippen molar-refractivity contribution in [3.8, 4) is 0 Å². The summed E-state index contributed by atoms with van der Waals surface area (Å²) in [5.41, 5.74) is 1.48. The van der Waals surface area contributed by atoms with Crippen LogP contribution in [0.2, 0.25) is 20.1 Å². The van der Waals surface area contributed by atoms with Gasteiger partial charge in [0.15, 0.2) is 0 Å². The SMILES string of the molecule is CS(=O)(=O)N(CC(=O)N(Cc1ccc(Cl)cc1Cl)C(Cc1ccccc1)C(=O)NC1CCCC1)c1ccc(Cl)cc1Cl. The van der Waals surface area contributed by atoms with Gasteiger partial charge >= 0.3 is 0 Å². The number of anilines is 1. The highest BCUT2D eigenvalue weighted by Gasteiger charge is 2.35. The predicted molar refractivity (Wildman–Crippen MR) is 170 cm³/mol. The second kappa shape index (κ2) is 14.3. The van der Waals surface area contributed by atoms with E-state index in [0.29, 0.717) is 20.6 Å². The van der Waals surface area contributed by atoms with Crippen molar-refractivity contribution >= 4 is 73.9 Å². The van der Waals surface area contributed by atoms with Crippen molar-refractivity contribution in [1.29, 1.82) is 0 Å². The minimum Gasteiger partial charge on any atom is -0.352 e. The summed E-state index contributed by atoms with van der Waals surface area (Å²) in [6.45, 7) is -0.663. The van der Waals surface area contributed by atoms with Gasteiger partial charge in [-0.05, 0) is 54.3 Å². The standard InChI is InChI=1S/C30H31Cl4N3O4S/c1-42(40,41)37(27-14-13-23(32)17-26(27)34)19-29(38)36(18-21-11-12-22(31)16-25(21)33)28(15-20-7-3-2-4-8-20)30(39)35-24-9-5-6-10-24/h2-4,7-8,11-14,16-17,24,28H,5-6,9-10,15,18-19H2,1H3,(H,35,39). The largest absolute Gasteiger partial charge is 0.352 e. The summed E-state index contributed by atoms with van der Waals surface area (Å²) < 4.78 is 26.8. The molecule has 1 aliphatic carbocycles. The number of amides is 2. The molecule has 224 valence electrons. The summed E-state index contributed by atoms with van der Waals surface area (Å²) in [6, 6.07) is 17.6. The maximum atomic E-state index is 14.2. The van der Waals surface area contributed by atoms with Gasteiger partial charge < -0.3 is 10.2 Å². The van der Waals surface area contributed by atoms with Gasteiger partial charge in [-0.3, -0.25) is 13.9 Å². The monoisotopic (exact) mass is 669 g/mol. The third-order valence-corrected chi connectivity index (χ3v) is 9.44. The van der Waals surface area contributed by atoms with Crippen LogP contribution in [-0.2, 0) is 32.6 Å². The van der Waals surface area contributed by atoms with Gasteiger partial charge in [-0.15, -0.1) is 0 Å². The molecular formula is C30H31Cl4N3O4S. The lowest BCUT2D eigenvalue weighted by Crippen LogP contribution is -2.54. The van der Waals surface area contributed by atoms with Gasteiger partial charge in [-0.1, -0.05) is 95.6 Å². The van der Waals surface area contributed by atoms with E-state index >= 15 is 0 Å². The molecule has 0 spiro atoms. The molecule has 1 atom stereocenters. The number of carbonyl (C=O) groups is 2. The number of hydrogen-bond donors (Lipinski definition) is 1. The fourth-order valence-corrected chi connectivity index (χ4v) is 6.92. The first-order valence-electron chi connectivity index (χ1n) is 13.4. The first kappa shape index (κ1) is 32.4. The lowest BCUT2D eigenvalue weighted by molar-refractivity contribution is -0.140. The average molecular weight is 671 g/mol. The zero-order chi connectivity index (χ0) is 30.4. The van der Waals surface area contributed by atoms with Gasteiger partial charge in [-0.25, -0.2) is 8.42 Å². The van der Waals surface area contributed by atoms with E-state index in [2.05, 4.69) is 5.32 Å². The van der Waals surface area contributed by atoms with E-state index in [1.807, 2.05) is 30.3 Å². The Bertz CT molecular complexity index is 1530. The maximum Gasteiger partial charge on any atom is 0.244 e. The van der Waals surface area contributed by atoms with Gasteiger partial charge in [0, 0.05) is 34.1 Å². The Morgan fingerprint density at radius 2 is 1.52 bits per heavy atom. The summed E-state index contributed by atoms with van der Waals surface area (Å²) in [5.74, 6) is -0.931. The van der Waals surface area contributed by atoms with Crippen molar-refractivity contribution in [2.45, 2.75) is 50.7 Å². The van der Waals surface area contributed by atoms with Crippen LogP contribution >= 0.6 is 46.4 Å². The second-order valence-corrected chi connectivity index (χ2v) is 13.9. The van der Waals surface area contributed by atoms with Crippen LogP contribution < -0.4 is 9.62 Å². The molecule has 0 aliphatic heterocycles. The number of benzene rings is 3. The summed E-state index contributed by atoms with van der Waals surface area (Å²) in [7, 11) is -3.98. The van der Waals surface area contributed by atoms with Gasteiger partial charge in [0.2, 0.25) is 21.8 Å². The first-order chi connectivity index (χ1) is 19.9. The van der Waals surface area contributed by atoms with Crippen LogP contribution in [-0.4, -0.2) is 50.0 Å². The zero-order valence-corrected chi connectivity index (χ0v) is 26.7. The average Bonchev–Trinajstić information content (AvgIpc) is 3.43. The Kier molecular flexibility index (Phi) is 11.1. The normalized spacial score (nSPS) is 14.4. The van der Waals surface area contributed by atoms with Gasteiger partial charge in [0.1, 0.15) is 12.6 Å². The summed E-state index contributed by atoms with van der Waals surface area (Å²) >= 11 is 25.0. The van der Waals surface area contributed by atoms with E-state index in [-0.39, 0.29) is 35.6 Å². The minimum absolute atomic E-state index is 0.00670. The van der Waals surface area contributed by atoms with Gasteiger partial charge in [-0.2, -0.15) is 0 Å². The van der Waals surface area contributed by atoms with Gasteiger partial charge in [0.05, 0.1) is 17.0 Å². The molecular weight excluding hydrogens is 640 g/mol. The summed E-state index contributed by atoms with van der Waals surface area (Å²) in [6.07, 6.45) is 4.94. The molecule has 4 rings (SSSR count). The van der Waals surface area contributed by atoms with Crippen LogP contribution in [0.5, 0.6) is 0 Å². The number of nitrogens with zero attached hydrogens (tertiary/aromatic N) is 2. The fraction of sp³-hybridized carbons (Fsp3) is 0.333. The van der Waals surface area contributed by atoms with Gasteiger partial charge in [0.25, 0.3) is 0 Å². The molecule has 2 amide bonds. The van der Waals surface area contributed by atoms with Crippen LogP contribution in [0, 0.1) is 0 Å². The Balaban J connectivity index is 1.76. The van der Waals surface area contributed by atoms with Crippen molar-refractivity contribution in [2.24, 2.45) is 0 Å². The van der Waals surface area contributed by atoms with Crippen LogP contribution in [0.25, 0.3) is 0 Å². The Labute approximate surface area is 266 Å². The Morgan fingerprint density at radius 3 is 2.12 bits per heavy atom. The topological polar surface area (TPSA) is 86.8 Å². The number of halogens is 4. The number of sulfonamides is 1. The smallest absolute Gasteiger partial charge is 0.244 e. The lowest BCUT2D eigenvalue weighted by atomic mass is 10.0. The fourth-order valence-electron chi connectivity index (χ4n) is 5.03. The number of nitrogens with one attached hydrogen (secondary N) is 1. The second-order valence-electron chi connectivity index (χ2n) is 10.3. The first-order valence-corrected chi connectivity index (χ1v) is 16.8. The van der Waals surface area contributed by atoms with E-state index < -0.39 is 28.5 Å². The molecule has 3 aromatic rings. The molecule has 0 bridgehead atoms. The molecule has 7 nitrogen and oxygen atoms in total. The van der Waals surface area contributed by atoms with Crippen LogP contribution in [0.15, 0.2) is 66.7 Å². The number of hydrogen-bond acceptors (Lipinski definition) is 4. The van der Waals surface area contributed by atoms with Crippen molar-refractivity contribution < 1.29 is 18.0 Å². The van der Waals surface area contributed by atoms with Crippen molar-refractivity contribution in [3.63, 3.8) is 0 Å². The van der Waals surface area contributed by atoms with E-state index in [9.17, 15) is 18.0 Å². The lowest BCUT2D eigenvalue weighted by Gasteiger charge is -2.34. The highest BCUT2D eigenvalue weighted by atomic mass is 35.5. The van der Waals surface area contributed by atoms with Crippen LogP contribution in [0.1, 0.15) is 36.8 Å². The molecule has 12 heteroatoms. The van der Waals surface area contributed by atoms with Crippen molar-refractivity contribution in [1.82, 2.24) is 10.2 Å². The molecule has 42 heavy (non-hydrogen) atoms. The predicted octanol–water partition coefficient (Wildman–Crippen LogP) is 6.77. The zero-order valence-electron chi connectivity index (χ0n) is 22.9. The highest BCUT2D eigenvalue weighted by Crippen LogP contribution is 2.31. The molecule has 1 saturated carbocycles. The Hall–Kier alpha value is -2.49. The molecule has 0 saturated heterocycles. The highest BCUT2D eigenvalue weighted by molar-refractivity contribution is 7.92. The van der Waals surface area contributed by atoms with Crippen molar-refractivity contribution in [3.05, 3.63) is 97.9 Å². The molecule has 3 aromatic carbocycles. The van der Waals surface area contributed by atoms with Crippen molar-refractivity contribution in [2.75, 3.05) is 17.1 Å². The van der Waals surface area contributed by atoms with E-state index in [1.165, 1.54) is 23.1 Å². The van der Waals surface area contributed by atoms with E-state index in [4.69, 9.17) is 46.4 Å². The molecule has 1 N–H and O–H groups in total. The third-order valence-electron chi connectivity index (χ3n) is 7.19. The minimum atomic E-state index is -3.98. The molecule has 1 fully saturated rings. The van der Waals surface area contributed by atoms with Crippen LogP contribution in [0.4, 0.5) is 5.69 Å². The van der Waals surface area contributed by atoms with E-state index in [1.54, 1.807) is 18.2 Å². The maximum absolute atomic E-state index is 14.2. The molecule has 1 aliphatic rings. The van der Waals surface area contributed by atoms with E-state index in [0.717, 1.165) is 41.8 Å². The molecule has 1 unspecified atom stereocenters. The molecule has 0 heterocycles. The number of carbonyl (C=O) groups excluding carboxylic acids is 2. The van der Waals surface area contributed by atoms with Crippen LogP contribution in [0.3, 0.4) is 0 Å². The quantitative estimate of drug-likeness (QED) is 0.244. The summed E-state index contributed by atoms with van der Waals surface area (Å²) in [5, 5.41) is 4.23. The number of rotatable bonds is 11.